The van der Waals surface area contributed by atoms with Crippen LogP contribution < -0.4 is 0 Å². The minimum atomic E-state index is 0.166. The van der Waals surface area contributed by atoms with Crippen molar-refractivity contribution in [3.8, 4) is 27.9 Å². The molecule has 1 aliphatic rings. The Hall–Kier alpha value is -5.40. The van der Waals surface area contributed by atoms with Crippen LogP contribution in [-0.4, -0.2) is 4.57 Å². The third-order valence-corrected chi connectivity index (χ3v) is 9.05. The van der Waals surface area contributed by atoms with E-state index in [4.69, 9.17) is 0 Å². The molecule has 0 aliphatic heterocycles. The predicted molar refractivity (Wildman–Crippen MR) is 177 cm³/mol. The average molecular weight is 534 g/mol. The van der Waals surface area contributed by atoms with E-state index in [1.165, 1.54) is 77.2 Å². The lowest BCUT2D eigenvalue weighted by atomic mass is 9.86. The molecule has 0 saturated heterocycles. The molecule has 1 heterocycles. The molecular weight excluding hydrogens is 506 g/mol. The smallest absolute Gasteiger partial charge is 0.0541 e. The highest BCUT2D eigenvalue weighted by Crippen LogP contribution is 2.49. The molecule has 8 aromatic rings. The Kier molecular flexibility index (Phi) is 5.03. The number of nitrogens with zero attached hydrogens (tertiary/aromatic N) is 1. The highest BCUT2D eigenvalue weighted by Gasteiger charge is 2.30. The highest BCUT2D eigenvalue weighted by molar-refractivity contribution is 6.09. The van der Waals surface area contributed by atoms with Crippen molar-refractivity contribution >= 4 is 32.6 Å². The molecule has 196 valence electrons. The molecule has 0 unspecified atom stereocenters. The average Bonchev–Trinajstić information content (AvgIpc) is 3.57. The fourth-order valence-electron chi connectivity index (χ4n) is 7.28. The molecule has 7 aromatic carbocycles. The van der Waals surface area contributed by atoms with Gasteiger partial charge in [0.2, 0.25) is 0 Å². The van der Waals surface area contributed by atoms with Crippen molar-refractivity contribution < 1.29 is 0 Å². The first-order chi connectivity index (χ1) is 20.8. The summed E-state index contributed by atoms with van der Waals surface area (Å²) >= 11 is 0. The molecule has 42 heavy (non-hydrogen) atoms. The molecule has 1 aliphatic carbocycles. The monoisotopic (exact) mass is 533 g/mol. The van der Waals surface area contributed by atoms with Crippen LogP contribution in [0.3, 0.4) is 0 Å². The third-order valence-electron chi connectivity index (χ3n) is 9.05. The second-order valence-electron chi connectivity index (χ2n) is 11.3. The molecule has 0 radical (unpaired) electrons. The summed E-state index contributed by atoms with van der Waals surface area (Å²) in [7, 11) is 0. The largest absolute Gasteiger partial charge is 0.309 e. The number of hydrogen-bond acceptors (Lipinski definition) is 0. The van der Waals surface area contributed by atoms with Gasteiger partial charge in [-0.1, -0.05) is 133 Å². The lowest BCUT2D eigenvalue weighted by Crippen LogP contribution is -2.03. The molecule has 0 fully saturated rings. The number of aromatic nitrogens is 1. The zero-order chi connectivity index (χ0) is 27.6. The van der Waals surface area contributed by atoms with Gasteiger partial charge in [0.15, 0.2) is 0 Å². The standard InChI is InChI=1S/C41H27N/c1-2-14-31-27(12-1)13-11-21-32(31)28-24-29(41-37-19-5-3-15-33(37)34-16-4-6-20-38(34)41)26-30(25-28)42-39-22-9-7-17-35(39)36-18-8-10-23-40(36)42/h1-26,41H. The quantitative estimate of drug-likeness (QED) is 0.213. The summed E-state index contributed by atoms with van der Waals surface area (Å²) in [5.41, 5.74) is 12.9. The van der Waals surface area contributed by atoms with E-state index in [-0.39, 0.29) is 5.92 Å². The van der Waals surface area contributed by atoms with E-state index in [1.807, 2.05) is 0 Å². The van der Waals surface area contributed by atoms with Crippen molar-refractivity contribution in [2.75, 3.05) is 0 Å². The van der Waals surface area contributed by atoms with Crippen LogP contribution in [0.15, 0.2) is 158 Å². The summed E-state index contributed by atoms with van der Waals surface area (Å²) < 4.78 is 2.45. The van der Waals surface area contributed by atoms with E-state index >= 15 is 0 Å². The zero-order valence-corrected chi connectivity index (χ0v) is 23.0. The van der Waals surface area contributed by atoms with Crippen LogP contribution in [0.4, 0.5) is 0 Å². The van der Waals surface area contributed by atoms with E-state index in [0.717, 1.165) is 0 Å². The highest BCUT2D eigenvalue weighted by atomic mass is 15.0. The first kappa shape index (κ1) is 23.3. The van der Waals surface area contributed by atoms with Gasteiger partial charge in [-0.15, -0.1) is 0 Å². The summed E-state index contributed by atoms with van der Waals surface area (Å²) in [6.45, 7) is 0. The van der Waals surface area contributed by atoms with Crippen LogP contribution in [0, 0.1) is 0 Å². The first-order valence-electron chi connectivity index (χ1n) is 14.6. The molecular formula is C41H27N. The Morgan fingerprint density at radius 1 is 0.405 bits per heavy atom. The minimum absolute atomic E-state index is 0.166. The van der Waals surface area contributed by atoms with Gasteiger partial charge in [0.25, 0.3) is 0 Å². The van der Waals surface area contributed by atoms with Gasteiger partial charge in [0.05, 0.1) is 11.0 Å². The minimum Gasteiger partial charge on any atom is -0.309 e. The van der Waals surface area contributed by atoms with Crippen molar-refractivity contribution in [2.24, 2.45) is 0 Å². The van der Waals surface area contributed by atoms with E-state index in [2.05, 4.69) is 162 Å². The molecule has 9 rings (SSSR count). The van der Waals surface area contributed by atoms with Crippen LogP contribution >= 0.6 is 0 Å². The molecule has 0 saturated carbocycles. The second-order valence-corrected chi connectivity index (χ2v) is 11.3. The second kappa shape index (κ2) is 9.06. The number of para-hydroxylation sites is 2. The molecule has 0 N–H and O–H groups in total. The van der Waals surface area contributed by atoms with Gasteiger partial charge < -0.3 is 4.57 Å². The van der Waals surface area contributed by atoms with Crippen molar-refractivity contribution in [1.82, 2.24) is 4.57 Å². The van der Waals surface area contributed by atoms with Crippen molar-refractivity contribution in [1.29, 1.82) is 0 Å². The summed E-state index contributed by atoms with van der Waals surface area (Å²) in [6.07, 6.45) is 0. The predicted octanol–water partition coefficient (Wildman–Crippen LogP) is 10.8. The summed E-state index contributed by atoms with van der Waals surface area (Å²) in [6, 6.07) is 58.1. The van der Waals surface area contributed by atoms with E-state index in [1.54, 1.807) is 0 Å². The Bertz CT molecular complexity index is 2210. The Labute approximate surface area is 244 Å². The van der Waals surface area contributed by atoms with Gasteiger partial charge in [-0.2, -0.15) is 0 Å². The van der Waals surface area contributed by atoms with Crippen LogP contribution in [0.5, 0.6) is 0 Å². The Balaban J connectivity index is 1.39. The Morgan fingerprint density at radius 3 is 1.62 bits per heavy atom. The molecule has 0 spiro atoms. The maximum absolute atomic E-state index is 2.45. The van der Waals surface area contributed by atoms with Crippen LogP contribution in [0.1, 0.15) is 22.6 Å². The lowest BCUT2D eigenvalue weighted by molar-refractivity contribution is 1.01. The van der Waals surface area contributed by atoms with Crippen LogP contribution in [-0.2, 0) is 0 Å². The van der Waals surface area contributed by atoms with Gasteiger partial charge in [-0.05, 0) is 74.0 Å². The van der Waals surface area contributed by atoms with Gasteiger partial charge in [-0.25, -0.2) is 0 Å². The van der Waals surface area contributed by atoms with Crippen LogP contribution in [0.2, 0.25) is 0 Å². The number of rotatable bonds is 3. The molecule has 1 aromatic heterocycles. The number of hydrogen-bond donors (Lipinski definition) is 0. The fourth-order valence-corrected chi connectivity index (χ4v) is 7.28. The van der Waals surface area contributed by atoms with Gasteiger partial charge >= 0.3 is 0 Å². The summed E-state index contributed by atoms with van der Waals surface area (Å²) in [5, 5.41) is 5.09. The SMILES string of the molecule is c1ccc2c(c1)-c1ccccc1C2c1cc(-c2cccc3ccccc23)cc(-n2c3ccccc3c3ccccc32)c1. The van der Waals surface area contributed by atoms with Gasteiger partial charge in [-0.3, -0.25) is 0 Å². The first-order valence-corrected chi connectivity index (χ1v) is 14.6. The van der Waals surface area contributed by atoms with Crippen molar-refractivity contribution in [3.63, 3.8) is 0 Å². The maximum atomic E-state index is 2.45. The lowest BCUT2D eigenvalue weighted by Gasteiger charge is -2.19. The van der Waals surface area contributed by atoms with Crippen molar-refractivity contribution in [2.45, 2.75) is 5.92 Å². The molecule has 0 amide bonds. The number of benzene rings is 7. The fraction of sp³-hybridized carbons (Fsp3) is 0.0244. The summed E-state index contributed by atoms with van der Waals surface area (Å²) in [5.74, 6) is 0.166. The Morgan fingerprint density at radius 2 is 0.929 bits per heavy atom. The maximum Gasteiger partial charge on any atom is 0.0541 e. The topological polar surface area (TPSA) is 4.93 Å². The van der Waals surface area contributed by atoms with Crippen molar-refractivity contribution in [3.05, 3.63) is 174 Å². The van der Waals surface area contributed by atoms with Crippen LogP contribution in [0.25, 0.3) is 60.5 Å². The van der Waals surface area contributed by atoms with E-state index in [0.29, 0.717) is 0 Å². The molecule has 1 heteroatoms. The third kappa shape index (κ3) is 3.37. The zero-order valence-electron chi connectivity index (χ0n) is 23.0. The molecule has 0 bridgehead atoms. The number of fused-ring (bicyclic) bond motifs is 7. The van der Waals surface area contributed by atoms with E-state index < -0.39 is 0 Å². The van der Waals surface area contributed by atoms with Gasteiger partial charge in [0.1, 0.15) is 0 Å². The van der Waals surface area contributed by atoms with Gasteiger partial charge in [0, 0.05) is 22.4 Å². The summed E-state index contributed by atoms with van der Waals surface area (Å²) in [4.78, 5) is 0. The normalized spacial score (nSPS) is 12.7. The molecule has 1 nitrogen and oxygen atoms in total. The van der Waals surface area contributed by atoms with E-state index in [9.17, 15) is 0 Å². The molecule has 0 atom stereocenters.